The van der Waals surface area contributed by atoms with Crippen molar-refractivity contribution < 1.29 is 13.9 Å². The van der Waals surface area contributed by atoms with Crippen LogP contribution in [0.3, 0.4) is 0 Å². The van der Waals surface area contributed by atoms with Crippen molar-refractivity contribution in [2.24, 2.45) is 5.92 Å². The second kappa shape index (κ2) is 6.64. The predicted molar refractivity (Wildman–Crippen MR) is 98.8 cm³/mol. The minimum absolute atomic E-state index is 0.0634. The van der Waals surface area contributed by atoms with E-state index >= 15 is 0 Å². The van der Waals surface area contributed by atoms with Crippen LogP contribution in [0.15, 0.2) is 30.5 Å². The number of halogens is 1. The summed E-state index contributed by atoms with van der Waals surface area (Å²) in [6.45, 7) is 4.56. The van der Waals surface area contributed by atoms with Gasteiger partial charge in [0.1, 0.15) is 17.7 Å². The molecule has 26 heavy (non-hydrogen) atoms. The number of thiazole rings is 1. The van der Waals surface area contributed by atoms with Crippen molar-refractivity contribution in [3.8, 4) is 17.0 Å². The van der Waals surface area contributed by atoms with E-state index in [1.807, 2.05) is 26.0 Å². The highest BCUT2D eigenvalue weighted by molar-refractivity contribution is 7.18. The van der Waals surface area contributed by atoms with E-state index in [1.54, 1.807) is 17.4 Å². The fourth-order valence-electron chi connectivity index (χ4n) is 3.15. The molecule has 0 radical (unpaired) electrons. The van der Waals surface area contributed by atoms with Gasteiger partial charge in [-0.1, -0.05) is 0 Å². The summed E-state index contributed by atoms with van der Waals surface area (Å²) in [5, 5.41) is 3.79. The number of hydrogen-bond donors (Lipinski definition) is 1. The van der Waals surface area contributed by atoms with E-state index in [2.05, 4.69) is 15.3 Å². The Bertz CT molecular complexity index is 971. The number of amides is 1. The molecule has 2 aromatic heterocycles. The highest BCUT2D eigenvalue weighted by atomic mass is 32.1. The molecule has 0 unspecified atom stereocenters. The van der Waals surface area contributed by atoms with Gasteiger partial charge in [0.15, 0.2) is 0 Å². The van der Waals surface area contributed by atoms with Crippen LogP contribution in [0, 0.1) is 18.7 Å². The number of nitrogens with zero attached hydrogens (tertiary/aromatic N) is 2. The Morgan fingerprint density at radius 1 is 1.38 bits per heavy atom. The molecule has 3 aromatic rings. The molecule has 5 nitrogen and oxygen atoms in total. The van der Waals surface area contributed by atoms with Crippen LogP contribution >= 0.6 is 11.3 Å². The summed E-state index contributed by atoms with van der Waals surface area (Å²) in [5.41, 5.74) is 2.32. The minimum Gasteiger partial charge on any atom is -0.489 e. The maximum Gasteiger partial charge on any atom is 0.220 e. The highest BCUT2D eigenvalue weighted by Crippen LogP contribution is 2.37. The van der Waals surface area contributed by atoms with Crippen molar-refractivity contribution >= 4 is 27.5 Å². The number of aryl methyl sites for hydroxylation is 1. The third-order valence-corrected chi connectivity index (χ3v) is 5.57. The number of fused-ring (bicyclic) bond motifs is 1. The number of carbonyl (C=O) groups excluding carboxylic acids is 1. The number of benzene rings is 1. The number of ether oxygens (including phenoxy) is 1. The molecular formula is C19H18FN3O2S. The summed E-state index contributed by atoms with van der Waals surface area (Å²) < 4.78 is 20.4. The van der Waals surface area contributed by atoms with Crippen molar-refractivity contribution in [2.45, 2.75) is 26.4 Å². The van der Waals surface area contributed by atoms with Gasteiger partial charge < -0.3 is 10.1 Å². The summed E-state index contributed by atoms with van der Waals surface area (Å²) in [4.78, 5) is 20.2. The molecule has 1 N–H and O–H groups in total. The largest absolute Gasteiger partial charge is 0.489 e. The number of hydrogen-bond acceptors (Lipinski definition) is 5. The lowest BCUT2D eigenvalue weighted by molar-refractivity contribution is -0.119. The van der Waals surface area contributed by atoms with Gasteiger partial charge >= 0.3 is 0 Å². The van der Waals surface area contributed by atoms with E-state index in [4.69, 9.17) is 4.74 Å². The van der Waals surface area contributed by atoms with Crippen molar-refractivity contribution in [1.29, 1.82) is 0 Å². The SMILES string of the molecule is Cc1nc2cc(-c3ccc(F)cn3)cc(O[C@H](C)[C@H]3CNC(=O)C3)c2s1. The van der Waals surface area contributed by atoms with E-state index in [0.717, 1.165) is 26.5 Å². The second-order valence-electron chi connectivity index (χ2n) is 6.51. The first kappa shape index (κ1) is 16.9. The van der Waals surface area contributed by atoms with Gasteiger partial charge in [0.05, 0.1) is 27.1 Å². The Hall–Kier alpha value is -2.54. The zero-order valence-corrected chi connectivity index (χ0v) is 15.3. The van der Waals surface area contributed by atoms with Gasteiger partial charge in [0.25, 0.3) is 0 Å². The van der Waals surface area contributed by atoms with E-state index < -0.39 is 0 Å². The smallest absolute Gasteiger partial charge is 0.220 e. The predicted octanol–water partition coefficient (Wildman–Crippen LogP) is 3.71. The van der Waals surface area contributed by atoms with E-state index in [9.17, 15) is 9.18 Å². The van der Waals surface area contributed by atoms with Crippen LogP contribution in [0.4, 0.5) is 4.39 Å². The molecular weight excluding hydrogens is 353 g/mol. The van der Waals surface area contributed by atoms with Crippen molar-refractivity contribution in [3.05, 3.63) is 41.3 Å². The van der Waals surface area contributed by atoms with Crippen LogP contribution in [-0.2, 0) is 4.79 Å². The third-order valence-electron chi connectivity index (χ3n) is 4.57. The standard InChI is InChI=1S/C19H18FN3O2S/c1-10(13-7-18(24)22-8-13)25-17-6-12(15-4-3-14(20)9-21-15)5-16-19(17)26-11(2)23-16/h3-6,9-10,13H,7-8H2,1-2H3,(H,22,24)/t10-,13-/m1/s1. The first-order valence-electron chi connectivity index (χ1n) is 8.46. The monoisotopic (exact) mass is 371 g/mol. The average molecular weight is 371 g/mol. The maximum absolute atomic E-state index is 13.2. The number of pyridine rings is 1. The van der Waals surface area contributed by atoms with Crippen molar-refractivity contribution in [1.82, 2.24) is 15.3 Å². The molecule has 134 valence electrons. The van der Waals surface area contributed by atoms with Gasteiger partial charge in [-0.15, -0.1) is 11.3 Å². The van der Waals surface area contributed by atoms with Crippen LogP contribution in [-0.4, -0.2) is 28.5 Å². The Morgan fingerprint density at radius 2 is 2.23 bits per heavy atom. The molecule has 0 spiro atoms. The molecule has 1 amide bonds. The lowest BCUT2D eigenvalue weighted by Crippen LogP contribution is -2.25. The molecule has 0 saturated carbocycles. The van der Waals surface area contributed by atoms with E-state index in [-0.39, 0.29) is 23.7 Å². The van der Waals surface area contributed by atoms with Crippen LogP contribution in [0.25, 0.3) is 21.5 Å². The first-order valence-corrected chi connectivity index (χ1v) is 9.28. The average Bonchev–Trinajstić information content (AvgIpc) is 3.20. The molecule has 3 heterocycles. The summed E-state index contributed by atoms with van der Waals surface area (Å²) in [7, 11) is 0. The van der Waals surface area contributed by atoms with Gasteiger partial charge in [-0.3, -0.25) is 9.78 Å². The quantitative estimate of drug-likeness (QED) is 0.759. The fourth-order valence-corrected chi connectivity index (χ4v) is 4.01. The summed E-state index contributed by atoms with van der Waals surface area (Å²) in [5.74, 6) is 0.552. The zero-order chi connectivity index (χ0) is 18.3. The Morgan fingerprint density at radius 3 is 2.92 bits per heavy atom. The molecule has 2 atom stereocenters. The van der Waals surface area contributed by atoms with E-state index in [0.29, 0.717) is 18.7 Å². The van der Waals surface area contributed by atoms with Crippen molar-refractivity contribution in [3.63, 3.8) is 0 Å². The highest BCUT2D eigenvalue weighted by Gasteiger charge is 2.28. The molecule has 1 fully saturated rings. The number of rotatable bonds is 4. The van der Waals surface area contributed by atoms with Gasteiger partial charge in [-0.25, -0.2) is 9.37 Å². The van der Waals surface area contributed by atoms with Crippen LogP contribution in [0.2, 0.25) is 0 Å². The van der Waals surface area contributed by atoms with Gasteiger partial charge in [0, 0.05) is 24.4 Å². The topological polar surface area (TPSA) is 64.1 Å². The maximum atomic E-state index is 13.2. The summed E-state index contributed by atoms with van der Waals surface area (Å²) in [6.07, 6.45) is 1.56. The van der Waals surface area contributed by atoms with E-state index in [1.165, 1.54) is 12.3 Å². The number of aromatic nitrogens is 2. The zero-order valence-electron chi connectivity index (χ0n) is 14.5. The molecule has 1 aliphatic rings. The lowest BCUT2D eigenvalue weighted by Gasteiger charge is -2.20. The van der Waals surface area contributed by atoms with Crippen molar-refractivity contribution in [2.75, 3.05) is 6.54 Å². The van der Waals surface area contributed by atoms with Gasteiger partial charge in [-0.05, 0) is 38.1 Å². The van der Waals surface area contributed by atoms with Crippen LogP contribution in [0.1, 0.15) is 18.4 Å². The first-order chi connectivity index (χ1) is 12.5. The fraction of sp³-hybridized carbons (Fsp3) is 0.316. The Labute approximate surface area is 154 Å². The number of carbonyl (C=O) groups is 1. The second-order valence-corrected chi connectivity index (χ2v) is 7.71. The Kier molecular flexibility index (Phi) is 4.32. The minimum atomic E-state index is -0.372. The summed E-state index contributed by atoms with van der Waals surface area (Å²) in [6, 6.07) is 6.89. The summed E-state index contributed by atoms with van der Waals surface area (Å²) >= 11 is 1.57. The molecule has 1 saturated heterocycles. The number of nitrogens with one attached hydrogen (secondary N) is 1. The van der Waals surface area contributed by atoms with Crippen LogP contribution in [0.5, 0.6) is 5.75 Å². The normalized spacial score (nSPS) is 18.1. The molecule has 0 bridgehead atoms. The van der Waals surface area contributed by atoms with Gasteiger partial charge in [0.2, 0.25) is 5.91 Å². The van der Waals surface area contributed by atoms with Crippen LogP contribution < -0.4 is 10.1 Å². The molecule has 1 aromatic carbocycles. The van der Waals surface area contributed by atoms with Gasteiger partial charge in [-0.2, -0.15) is 0 Å². The molecule has 0 aliphatic carbocycles. The molecule has 7 heteroatoms. The Balaban J connectivity index is 1.72. The lowest BCUT2D eigenvalue weighted by atomic mass is 10.0. The molecule has 1 aliphatic heterocycles. The third kappa shape index (κ3) is 3.26. The molecule has 4 rings (SSSR count).